The Labute approximate surface area is 143 Å². The summed E-state index contributed by atoms with van der Waals surface area (Å²) in [6.07, 6.45) is 6.50. The average molecular weight is 347 g/mol. The predicted octanol–water partition coefficient (Wildman–Crippen LogP) is 3.55. The van der Waals surface area contributed by atoms with Crippen LogP contribution in [-0.4, -0.2) is 25.1 Å². The van der Waals surface area contributed by atoms with Gasteiger partial charge >= 0.3 is 0 Å². The molecule has 0 aliphatic heterocycles. The number of hydrogen-bond donors (Lipinski definition) is 2. The summed E-state index contributed by atoms with van der Waals surface area (Å²) < 4.78 is 5.97. The second-order valence-electron chi connectivity index (χ2n) is 5.42. The van der Waals surface area contributed by atoms with Gasteiger partial charge in [0.05, 0.1) is 11.7 Å². The van der Waals surface area contributed by atoms with E-state index in [1.54, 1.807) is 18.2 Å². The highest BCUT2D eigenvalue weighted by atomic mass is 35.5. The van der Waals surface area contributed by atoms with Gasteiger partial charge in [-0.3, -0.25) is 4.79 Å². The monoisotopic (exact) mass is 346 g/mol. The van der Waals surface area contributed by atoms with E-state index in [1.807, 2.05) is 0 Å². The van der Waals surface area contributed by atoms with Gasteiger partial charge in [0.15, 0.2) is 0 Å². The van der Waals surface area contributed by atoms with Crippen LogP contribution in [0.1, 0.15) is 48.9 Å². The van der Waals surface area contributed by atoms with Gasteiger partial charge in [0, 0.05) is 11.6 Å². The van der Waals surface area contributed by atoms with Crippen LogP contribution in [-0.2, 0) is 0 Å². The van der Waals surface area contributed by atoms with Crippen LogP contribution in [0.2, 0.25) is 5.02 Å². The predicted molar refractivity (Wildman–Crippen MR) is 92.2 cm³/mol. The Hall–Kier alpha value is -0.970. The molecule has 1 aromatic carbocycles. The summed E-state index contributed by atoms with van der Waals surface area (Å²) in [6.45, 7) is 1.26. The molecule has 1 aliphatic rings. The zero-order valence-electron chi connectivity index (χ0n) is 12.6. The van der Waals surface area contributed by atoms with Crippen molar-refractivity contribution in [2.45, 2.75) is 44.6 Å². The van der Waals surface area contributed by atoms with E-state index in [1.165, 1.54) is 12.8 Å². The van der Waals surface area contributed by atoms with Gasteiger partial charge in [-0.15, -0.1) is 12.4 Å². The molecular weight excluding hydrogens is 323 g/mol. The van der Waals surface area contributed by atoms with Crippen LogP contribution in [0.5, 0.6) is 5.75 Å². The molecule has 0 heterocycles. The molecule has 1 fully saturated rings. The fraction of sp³-hybridized carbons (Fsp3) is 0.562. The van der Waals surface area contributed by atoms with Crippen LogP contribution in [0.3, 0.4) is 0 Å². The molecule has 3 N–H and O–H groups in total. The molecule has 0 aromatic heterocycles. The molecule has 0 spiro atoms. The minimum Gasteiger partial charge on any atom is -0.490 e. The van der Waals surface area contributed by atoms with Gasteiger partial charge in [0.25, 0.3) is 5.91 Å². The van der Waals surface area contributed by atoms with Crippen LogP contribution in [0.15, 0.2) is 18.2 Å². The van der Waals surface area contributed by atoms with Crippen molar-refractivity contribution in [2.24, 2.45) is 5.73 Å². The molecule has 1 amide bonds. The number of unbranched alkanes of at least 4 members (excludes halogenated alkanes) is 1. The first kappa shape index (κ1) is 19.1. The summed E-state index contributed by atoms with van der Waals surface area (Å²) in [7, 11) is 0. The first-order valence-corrected chi connectivity index (χ1v) is 8.03. The van der Waals surface area contributed by atoms with Crippen molar-refractivity contribution in [1.29, 1.82) is 0 Å². The molecule has 2 rings (SSSR count). The topological polar surface area (TPSA) is 64.3 Å². The number of ether oxygens (including phenoxy) is 1. The fourth-order valence-electron chi connectivity index (χ4n) is 2.53. The van der Waals surface area contributed by atoms with E-state index >= 15 is 0 Å². The van der Waals surface area contributed by atoms with Gasteiger partial charge in [-0.2, -0.15) is 0 Å². The number of nitrogens with one attached hydrogen (secondary N) is 1. The third-order valence-electron chi connectivity index (χ3n) is 3.70. The Morgan fingerprint density at radius 3 is 2.73 bits per heavy atom. The molecule has 22 heavy (non-hydrogen) atoms. The SMILES string of the molecule is Cl.NCCCCNC(=O)c1cc(Cl)ccc1OC1CCCC1. The number of rotatable bonds is 7. The number of benzene rings is 1. The van der Waals surface area contributed by atoms with Gasteiger partial charge in [-0.05, 0) is 63.3 Å². The van der Waals surface area contributed by atoms with E-state index in [9.17, 15) is 4.79 Å². The van der Waals surface area contributed by atoms with E-state index in [2.05, 4.69) is 5.32 Å². The van der Waals surface area contributed by atoms with E-state index in [-0.39, 0.29) is 24.4 Å². The molecule has 1 aliphatic carbocycles. The zero-order chi connectivity index (χ0) is 15.1. The third kappa shape index (κ3) is 5.67. The maximum Gasteiger partial charge on any atom is 0.255 e. The van der Waals surface area contributed by atoms with Crippen molar-refractivity contribution in [1.82, 2.24) is 5.32 Å². The number of hydrogen-bond acceptors (Lipinski definition) is 3. The lowest BCUT2D eigenvalue weighted by atomic mass is 10.1. The van der Waals surface area contributed by atoms with Gasteiger partial charge < -0.3 is 15.8 Å². The molecule has 0 saturated heterocycles. The van der Waals surface area contributed by atoms with Crippen molar-refractivity contribution in [3.63, 3.8) is 0 Å². The fourth-order valence-corrected chi connectivity index (χ4v) is 2.71. The first-order chi connectivity index (χ1) is 10.2. The van der Waals surface area contributed by atoms with Crippen LogP contribution in [0.25, 0.3) is 0 Å². The number of amides is 1. The van der Waals surface area contributed by atoms with Gasteiger partial charge in [-0.25, -0.2) is 0 Å². The van der Waals surface area contributed by atoms with Crippen molar-refractivity contribution in [3.8, 4) is 5.75 Å². The van der Waals surface area contributed by atoms with Crippen molar-refractivity contribution in [2.75, 3.05) is 13.1 Å². The largest absolute Gasteiger partial charge is 0.490 e. The lowest BCUT2D eigenvalue weighted by Gasteiger charge is -2.16. The van der Waals surface area contributed by atoms with Crippen LogP contribution >= 0.6 is 24.0 Å². The van der Waals surface area contributed by atoms with Gasteiger partial charge in [0.2, 0.25) is 0 Å². The highest BCUT2D eigenvalue weighted by Crippen LogP contribution is 2.28. The summed E-state index contributed by atoms with van der Waals surface area (Å²) in [5, 5.41) is 3.44. The molecule has 124 valence electrons. The summed E-state index contributed by atoms with van der Waals surface area (Å²) in [6, 6.07) is 5.22. The third-order valence-corrected chi connectivity index (χ3v) is 3.93. The molecule has 1 saturated carbocycles. The molecule has 0 unspecified atom stereocenters. The molecule has 0 radical (unpaired) electrons. The Kier molecular flexibility index (Phi) is 8.61. The number of halogens is 2. The normalized spacial score (nSPS) is 14.5. The molecule has 1 aromatic rings. The van der Waals surface area contributed by atoms with Gasteiger partial charge in [0.1, 0.15) is 5.75 Å². The average Bonchev–Trinajstić information content (AvgIpc) is 2.98. The summed E-state index contributed by atoms with van der Waals surface area (Å²) in [4.78, 5) is 12.3. The Morgan fingerprint density at radius 1 is 1.32 bits per heavy atom. The molecule has 6 heteroatoms. The summed E-state index contributed by atoms with van der Waals surface area (Å²) in [5.74, 6) is 0.491. The quantitative estimate of drug-likeness (QED) is 0.742. The Morgan fingerprint density at radius 2 is 2.05 bits per heavy atom. The highest BCUT2D eigenvalue weighted by molar-refractivity contribution is 6.31. The highest BCUT2D eigenvalue weighted by Gasteiger charge is 2.20. The van der Waals surface area contributed by atoms with Crippen molar-refractivity contribution >= 4 is 29.9 Å². The minimum absolute atomic E-state index is 0. The first-order valence-electron chi connectivity index (χ1n) is 7.65. The number of carbonyl (C=O) groups excluding carboxylic acids is 1. The van der Waals surface area contributed by atoms with Crippen LogP contribution < -0.4 is 15.8 Å². The zero-order valence-corrected chi connectivity index (χ0v) is 14.2. The van der Waals surface area contributed by atoms with E-state index in [0.29, 0.717) is 29.4 Å². The minimum atomic E-state index is -0.137. The lowest BCUT2D eigenvalue weighted by Crippen LogP contribution is -2.26. The molecule has 0 bridgehead atoms. The Balaban J connectivity index is 0.00000242. The van der Waals surface area contributed by atoms with E-state index in [0.717, 1.165) is 25.7 Å². The van der Waals surface area contributed by atoms with E-state index < -0.39 is 0 Å². The smallest absolute Gasteiger partial charge is 0.255 e. The second-order valence-corrected chi connectivity index (χ2v) is 5.85. The van der Waals surface area contributed by atoms with Crippen molar-refractivity contribution < 1.29 is 9.53 Å². The van der Waals surface area contributed by atoms with Crippen LogP contribution in [0, 0.1) is 0 Å². The van der Waals surface area contributed by atoms with Crippen LogP contribution in [0.4, 0.5) is 0 Å². The number of nitrogens with two attached hydrogens (primary N) is 1. The maximum absolute atomic E-state index is 12.3. The maximum atomic E-state index is 12.3. The summed E-state index contributed by atoms with van der Waals surface area (Å²) >= 11 is 6.01. The molecular formula is C16H24Cl2N2O2. The second kappa shape index (κ2) is 9.93. The molecule has 0 atom stereocenters. The lowest BCUT2D eigenvalue weighted by molar-refractivity contribution is 0.0945. The standard InChI is InChI=1S/C16H23ClN2O2.ClH/c17-12-7-8-15(21-13-5-1-2-6-13)14(11-12)16(20)19-10-4-3-9-18;/h7-8,11,13H,1-6,9-10,18H2,(H,19,20);1H. The molecule has 4 nitrogen and oxygen atoms in total. The summed E-state index contributed by atoms with van der Waals surface area (Å²) in [5.41, 5.74) is 5.96. The van der Waals surface area contributed by atoms with Gasteiger partial charge in [-0.1, -0.05) is 11.6 Å². The van der Waals surface area contributed by atoms with E-state index in [4.69, 9.17) is 22.1 Å². The number of carbonyl (C=O) groups is 1. The Bertz CT molecular complexity index is 477. The van der Waals surface area contributed by atoms with Crippen molar-refractivity contribution in [3.05, 3.63) is 28.8 Å².